The summed E-state index contributed by atoms with van der Waals surface area (Å²) in [6.45, 7) is 2.33. The number of benzene rings is 3. The molecule has 102 valence electrons. The van der Waals surface area contributed by atoms with Gasteiger partial charge in [0.15, 0.2) is 0 Å². The van der Waals surface area contributed by atoms with Crippen LogP contribution in [0.4, 0.5) is 0 Å². The Labute approximate surface area is 124 Å². The van der Waals surface area contributed by atoms with Gasteiger partial charge in [0.2, 0.25) is 0 Å². The van der Waals surface area contributed by atoms with Gasteiger partial charge in [0.25, 0.3) is 0 Å². The molecular weight excluding hydrogens is 254 g/mol. The standard InChI is InChI=1S/C20H17N/c1-20-17-9-5-4-8-15(17)12-19(21-20)16-10-13-6-2-3-7-14(13)11-18(16)20/h2-11,19,21H,12H2,1H3/t19-,20+/m1/s1. The average Bonchev–Trinajstić information content (AvgIpc) is 2.74. The Morgan fingerprint density at radius 1 is 0.905 bits per heavy atom. The van der Waals surface area contributed by atoms with Gasteiger partial charge in [-0.25, -0.2) is 0 Å². The molecule has 21 heavy (non-hydrogen) atoms. The molecule has 2 atom stereocenters. The van der Waals surface area contributed by atoms with Gasteiger partial charge in [0, 0.05) is 6.04 Å². The minimum Gasteiger partial charge on any atom is -0.297 e. The molecule has 0 saturated carbocycles. The first-order chi connectivity index (χ1) is 10.3. The molecule has 5 rings (SSSR count). The highest BCUT2D eigenvalue weighted by atomic mass is 15.1. The van der Waals surface area contributed by atoms with Crippen LogP contribution in [-0.4, -0.2) is 0 Å². The molecule has 3 aromatic rings. The van der Waals surface area contributed by atoms with E-state index in [1.807, 2.05) is 0 Å². The van der Waals surface area contributed by atoms with Crippen LogP contribution in [-0.2, 0) is 12.0 Å². The van der Waals surface area contributed by atoms with Gasteiger partial charge in [0.1, 0.15) is 0 Å². The maximum Gasteiger partial charge on any atom is 0.0672 e. The third-order valence-electron chi connectivity index (χ3n) is 5.27. The van der Waals surface area contributed by atoms with Crippen LogP contribution in [0.25, 0.3) is 10.8 Å². The summed E-state index contributed by atoms with van der Waals surface area (Å²) in [5, 5.41) is 6.55. The average molecular weight is 271 g/mol. The van der Waals surface area contributed by atoms with Gasteiger partial charge in [-0.3, -0.25) is 5.32 Å². The predicted octanol–water partition coefficient (Wildman–Crippen LogP) is 4.30. The first-order valence-corrected chi connectivity index (χ1v) is 7.65. The number of fused-ring (bicyclic) bond motifs is 8. The molecule has 1 N–H and O–H groups in total. The minimum absolute atomic E-state index is 0.0428. The van der Waals surface area contributed by atoms with E-state index in [1.165, 1.54) is 33.0 Å². The van der Waals surface area contributed by atoms with Crippen LogP contribution in [0.1, 0.15) is 35.2 Å². The largest absolute Gasteiger partial charge is 0.297 e. The Morgan fingerprint density at radius 3 is 2.48 bits per heavy atom. The van der Waals surface area contributed by atoms with Gasteiger partial charge in [0.05, 0.1) is 5.54 Å². The summed E-state index contributed by atoms with van der Waals surface area (Å²) >= 11 is 0. The second-order valence-corrected chi connectivity index (χ2v) is 6.47. The van der Waals surface area contributed by atoms with Crippen molar-refractivity contribution in [3.05, 3.63) is 82.9 Å². The normalized spacial score (nSPS) is 25.7. The van der Waals surface area contributed by atoms with Crippen molar-refractivity contribution in [1.29, 1.82) is 0 Å². The molecule has 1 heteroatoms. The third-order valence-corrected chi connectivity index (χ3v) is 5.27. The van der Waals surface area contributed by atoms with Crippen LogP contribution in [0.2, 0.25) is 0 Å². The summed E-state index contributed by atoms with van der Waals surface area (Å²) < 4.78 is 0. The van der Waals surface area contributed by atoms with E-state index in [2.05, 4.69) is 72.9 Å². The fourth-order valence-corrected chi connectivity index (χ4v) is 4.27. The van der Waals surface area contributed by atoms with Crippen molar-refractivity contribution in [1.82, 2.24) is 5.32 Å². The highest BCUT2D eigenvalue weighted by molar-refractivity contribution is 5.85. The van der Waals surface area contributed by atoms with E-state index in [4.69, 9.17) is 0 Å². The highest BCUT2D eigenvalue weighted by Crippen LogP contribution is 2.49. The van der Waals surface area contributed by atoms with Crippen LogP contribution in [0.3, 0.4) is 0 Å². The lowest BCUT2D eigenvalue weighted by molar-refractivity contribution is 0.389. The van der Waals surface area contributed by atoms with Crippen molar-refractivity contribution in [2.75, 3.05) is 0 Å². The van der Waals surface area contributed by atoms with Gasteiger partial charge in [-0.15, -0.1) is 0 Å². The van der Waals surface area contributed by atoms with E-state index >= 15 is 0 Å². The predicted molar refractivity (Wildman–Crippen MR) is 86.4 cm³/mol. The molecule has 1 nitrogen and oxygen atoms in total. The lowest BCUT2D eigenvalue weighted by Crippen LogP contribution is -2.41. The van der Waals surface area contributed by atoms with Crippen LogP contribution < -0.4 is 5.32 Å². The number of nitrogens with one attached hydrogen (secondary N) is 1. The van der Waals surface area contributed by atoms with Gasteiger partial charge in [-0.05, 0) is 58.5 Å². The van der Waals surface area contributed by atoms with Gasteiger partial charge in [-0.1, -0.05) is 48.5 Å². The van der Waals surface area contributed by atoms with E-state index in [9.17, 15) is 0 Å². The van der Waals surface area contributed by atoms with Crippen molar-refractivity contribution in [2.24, 2.45) is 0 Å². The Bertz CT molecular complexity index is 880. The molecule has 3 aromatic carbocycles. The molecule has 2 heterocycles. The van der Waals surface area contributed by atoms with Crippen LogP contribution >= 0.6 is 0 Å². The monoisotopic (exact) mass is 271 g/mol. The van der Waals surface area contributed by atoms with Crippen molar-refractivity contribution in [3.63, 3.8) is 0 Å². The molecule has 0 aromatic heterocycles. The Morgan fingerprint density at radius 2 is 1.62 bits per heavy atom. The van der Waals surface area contributed by atoms with E-state index < -0.39 is 0 Å². The van der Waals surface area contributed by atoms with Crippen LogP contribution in [0.5, 0.6) is 0 Å². The third kappa shape index (κ3) is 1.39. The molecule has 0 aliphatic carbocycles. The lowest BCUT2D eigenvalue weighted by atomic mass is 9.82. The van der Waals surface area contributed by atoms with E-state index in [0.717, 1.165) is 6.42 Å². The second kappa shape index (κ2) is 3.75. The molecule has 2 aliphatic heterocycles. The number of rotatable bonds is 0. The fraction of sp³-hybridized carbons (Fsp3) is 0.200. The summed E-state index contributed by atoms with van der Waals surface area (Å²) in [5.74, 6) is 0. The zero-order valence-electron chi connectivity index (χ0n) is 12.1. The summed E-state index contributed by atoms with van der Waals surface area (Å²) in [6.07, 6.45) is 1.09. The molecule has 0 unspecified atom stereocenters. The quantitative estimate of drug-likeness (QED) is 0.642. The number of hydrogen-bond donors (Lipinski definition) is 1. The van der Waals surface area contributed by atoms with Crippen molar-refractivity contribution in [3.8, 4) is 0 Å². The van der Waals surface area contributed by atoms with E-state index in [1.54, 1.807) is 0 Å². The molecular formula is C20H17N. The Hall–Kier alpha value is -2.12. The van der Waals surface area contributed by atoms with Crippen LogP contribution in [0.15, 0.2) is 60.7 Å². The Balaban J connectivity index is 1.86. The van der Waals surface area contributed by atoms with Crippen molar-refractivity contribution < 1.29 is 0 Å². The first-order valence-electron chi connectivity index (χ1n) is 7.65. The molecule has 2 aliphatic rings. The van der Waals surface area contributed by atoms with Crippen molar-refractivity contribution >= 4 is 10.8 Å². The molecule has 0 fully saturated rings. The molecule has 2 bridgehead atoms. The van der Waals surface area contributed by atoms with Crippen molar-refractivity contribution in [2.45, 2.75) is 24.9 Å². The summed E-state index contributed by atoms with van der Waals surface area (Å²) in [7, 11) is 0. The molecule has 0 spiro atoms. The smallest absolute Gasteiger partial charge is 0.0672 e. The van der Waals surface area contributed by atoms with Crippen LogP contribution in [0, 0.1) is 0 Å². The maximum absolute atomic E-state index is 3.86. The fourth-order valence-electron chi connectivity index (χ4n) is 4.27. The zero-order valence-corrected chi connectivity index (χ0v) is 12.1. The molecule has 0 radical (unpaired) electrons. The maximum atomic E-state index is 3.86. The highest BCUT2D eigenvalue weighted by Gasteiger charge is 2.45. The number of hydrogen-bond acceptors (Lipinski definition) is 1. The summed E-state index contributed by atoms with van der Waals surface area (Å²) in [5.41, 5.74) is 5.82. The minimum atomic E-state index is -0.0428. The van der Waals surface area contributed by atoms with E-state index in [-0.39, 0.29) is 5.54 Å². The van der Waals surface area contributed by atoms with Gasteiger partial charge < -0.3 is 0 Å². The zero-order chi connectivity index (χ0) is 14.0. The second-order valence-electron chi connectivity index (χ2n) is 6.47. The molecule has 0 amide bonds. The Kier molecular flexibility index (Phi) is 2.06. The first kappa shape index (κ1) is 11.5. The van der Waals surface area contributed by atoms with Gasteiger partial charge >= 0.3 is 0 Å². The lowest BCUT2D eigenvalue weighted by Gasteiger charge is -2.34. The van der Waals surface area contributed by atoms with Gasteiger partial charge in [-0.2, -0.15) is 0 Å². The summed E-state index contributed by atoms with van der Waals surface area (Å²) in [6, 6.07) is 22.8. The summed E-state index contributed by atoms with van der Waals surface area (Å²) in [4.78, 5) is 0. The SMILES string of the molecule is C[C@]12N[C@H](Cc3ccccc31)c1cc3ccccc3cc12. The molecule has 0 saturated heterocycles. The topological polar surface area (TPSA) is 12.0 Å². The van der Waals surface area contributed by atoms with E-state index in [0.29, 0.717) is 6.04 Å².